The Kier molecular flexibility index (Phi) is 4.47. The zero-order valence-electron chi connectivity index (χ0n) is 14.1. The van der Waals surface area contributed by atoms with Crippen LogP contribution >= 0.6 is 0 Å². The second kappa shape index (κ2) is 6.72. The number of fused-ring (bicyclic) bond motifs is 1. The molecule has 0 aliphatic heterocycles. The van der Waals surface area contributed by atoms with Crippen LogP contribution < -0.4 is 10.1 Å². The quantitative estimate of drug-likeness (QED) is 0.714. The Bertz CT molecular complexity index is 955. The molecule has 0 saturated heterocycles. The second-order valence-electron chi connectivity index (χ2n) is 5.60. The molecular formula is C18H17FN4O2. The molecule has 0 fully saturated rings. The number of carbonyl (C=O) groups is 1. The van der Waals surface area contributed by atoms with Gasteiger partial charge in [0.1, 0.15) is 5.82 Å². The lowest BCUT2D eigenvalue weighted by Gasteiger charge is -2.11. The first kappa shape index (κ1) is 16.6. The predicted octanol–water partition coefficient (Wildman–Crippen LogP) is 3.37. The lowest BCUT2D eigenvalue weighted by atomic mass is 10.1. The van der Waals surface area contributed by atoms with Gasteiger partial charge in [-0.15, -0.1) is 0 Å². The van der Waals surface area contributed by atoms with E-state index < -0.39 is 5.82 Å². The van der Waals surface area contributed by atoms with Gasteiger partial charge < -0.3 is 10.1 Å². The van der Waals surface area contributed by atoms with Crippen LogP contribution in [0.4, 0.5) is 10.1 Å². The number of benzene rings is 1. The van der Waals surface area contributed by atoms with E-state index in [1.165, 1.54) is 25.3 Å². The molecule has 0 bridgehead atoms. The highest BCUT2D eigenvalue weighted by Crippen LogP contribution is 2.23. The zero-order valence-corrected chi connectivity index (χ0v) is 14.1. The van der Waals surface area contributed by atoms with E-state index >= 15 is 0 Å². The Morgan fingerprint density at radius 1 is 1.32 bits per heavy atom. The molecule has 128 valence electrons. The molecule has 0 radical (unpaired) electrons. The van der Waals surface area contributed by atoms with Crippen molar-refractivity contribution < 1.29 is 13.9 Å². The van der Waals surface area contributed by atoms with Crippen molar-refractivity contribution in [2.24, 2.45) is 0 Å². The number of ether oxygens (including phenoxy) is 1. The SMILES string of the molecule is COc1cc(C)c(NC(=O)/C=C/c2cc3[nH]ncc3cc2F)c(C)n1. The van der Waals surface area contributed by atoms with Crippen LogP contribution in [0.1, 0.15) is 16.8 Å². The van der Waals surface area contributed by atoms with E-state index in [0.29, 0.717) is 33.7 Å². The first-order valence-electron chi connectivity index (χ1n) is 7.62. The number of aryl methyl sites for hydroxylation is 2. The summed E-state index contributed by atoms with van der Waals surface area (Å²) in [7, 11) is 1.53. The number of anilines is 1. The summed E-state index contributed by atoms with van der Waals surface area (Å²) in [4.78, 5) is 16.4. The van der Waals surface area contributed by atoms with Crippen molar-refractivity contribution in [2.75, 3.05) is 12.4 Å². The molecule has 2 heterocycles. The van der Waals surface area contributed by atoms with Crippen molar-refractivity contribution in [3.63, 3.8) is 0 Å². The van der Waals surface area contributed by atoms with E-state index in [9.17, 15) is 9.18 Å². The fraction of sp³-hybridized carbons (Fsp3) is 0.167. The number of carbonyl (C=O) groups excluding carboxylic acids is 1. The fourth-order valence-corrected chi connectivity index (χ4v) is 2.53. The van der Waals surface area contributed by atoms with E-state index in [1.807, 2.05) is 6.92 Å². The molecule has 0 atom stereocenters. The molecule has 6 nitrogen and oxygen atoms in total. The largest absolute Gasteiger partial charge is 0.481 e. The van der Waals surface area contributed by atoms with Crippen molar-refractivity contribution in [3.8, 4) is 5.88 Å². The van der Waals surface area contributed by atoms with Crippen molar-refractivity contribution in [2.45, 2.75) is 13.8 Å². The number of halogens is 1. The van der Waals surface area contributed by atoms with Crippen LogP contribution in [0.2, 0.25) is 0 Å². The van der Waals surface area contributed by atoms with Gasteiger partial charge in [0.15, 0.2) is 0 Å². The van der Waals surface area contributed by atoms with Crippen molar-refractivity contribution in [3.05, 3.63) is 53.1 Å². The molecule has 0 aliphatic carbocycles. The number of methoxy groups -OCH3 is 1. The topological polar surface area (TPSA) is 79.9 Å². The highest BCUT2D eigenvalue weighted by Gasteiger charge is 2.10. The molecule has 1 amide bonds. The van der Waals surface area contributed by atoms with Crippen molar-refractivity contribution in [1.82, 2.24) is 15.2 Å². The van der Waals surface area contributed by atoms with Crippen LogP contribution in [0, 0.1) is 19.7 Å². The van der Waals surface area contributed by atoms with Crippen LogP contribution in [0.25, 0.3) is 17.0 Å². The summed E-state index contributed by atoms with van der Waals surface area (Å²) >= 11 is 0. The molecule has 0 aliphatic rings. The third-order valence-electron chi connectivity index (χ3n) is 3.80. The Morgan fingerprint density at radius 2 is 2.12 bits per heavy atom. The number of nitrogens with one attached hydrogen (secondary N) is 2. The molecule has 3 rings (SSSR count). The van der Waals surface area contributed by atoms with Gasteiger partial charge in [0.25, 0.3) is 0 Å². The predicted molar refractivity (Wildman–Crippen MR) is 94.0 cm³/mol. The van der Waals surface area contributed by atoms with Gasteiger partial charge in [0.05, 0.1) is 30.2 Å². The lowest BCUT2D eigenvalue weighted by molar-refractivity contribution is -0.111. The maximum atomic E-state index is 14.0. The number of hydrogen-bond acceptors (Lipinski definition) is 4. The lowest BCUT2D eigenvalue weighted by Crippen LogP contribution is -2.11. The summed E-state index contributed by atoms with van der Waals surface area (Å²) in [6, 6.07) is 4.71. The van der Waals surface area contributed by atoms with Crippen LogP contribution in [0.3, 0.4) is 0 Å². The minimum atomic E-state index is -0.420. The first-order chi connectivity index (χ1) is 12.0. The highest BCUT2D eigenvalue weighted by atomic mass is 19.1. The molecule has 0 saturated carbocycles. The summed E-state index contributed by atoms with van der Waals surface area (Å²) in [6.45, 7) is 3.63. The van der Waals surface area contributed by atoms with Gasteiger partial charge in [0.2, 0.25) is 11.8 Å². The minimum absolute atomic E-state index is 0.299. The number of amides is 1. The Hall–Kier alpha value is -3.22. The number of H-pyrrole nitrogens is 1. The highest BCUT2D eigenvalue weighted by molar-refractivity contribution is 6.03. The number of aromatic nitrogens is 3. The summed E-state index contributed by atoms with van der Waals surface area (Å²) < 4.78 is 19.1. The molecule has 2 aromatic heterocycles. The Labute approximate surface area is 143 Å². The smallest absolute Gasteiger partial charge is 0.248 e. The monoisotopic (exact) mass is 340 g/mol. The van der Waals surface area contributed by atoms with Gasteiger partial charge in [0, 0.05) is 23.1 Å². The van der Waals surface area contributed by atoms with Gasteiger partial charge in [-0.25, -0.2) is 9.37 Å². The van der Waals surface area contributed by atoms with Crippen LogP contribution in [-0.2, 0) is 4.79 Å². The fourth-order valence-electron chi connectivity index (χ4n) is 2.53. The summed E-state index contributed by atoms with van der Waals surface area (Å²) in [6.07, 6.45) is 4.25. The molecule has 7 heteroatoms. The zero-order chi connectivity index (χ0) is 18.0. The van der Waals surface area contributed by atoms with E-state index in [-0.39, 0.29) is 5.91 Å². The molecule has 0 spiro atoms. The number of hydrogen-bond donors (Lipinski definition) is 2. The van der Waals surface area contributed by atoms with Crippen LogP contribution in [0.5, 0.6) is 5.88 Å². The summed E-state index contributed by atoms with van der Waals surface area (Å²) in [5, 5.41) is 10.1. The molecule has 0 unspecified atom stereocenters. The molecule has 25 heavy (non-hydrogen) atoms. The van der Waals surface area contributed by atoms with Gasteiger partial charge in [-0.2, -0.15) is 5.10 Å². The van der Waals surface area contributed by atoms with Gasteiger partial charge in [-0.3, -0.25) is 9.89 Å². The van der Waals surface area contributed by atoms with E-state index in [1.54, 1.807) is 25.3 Å². The maximum absolute atomic E-state index is 14.0. The first-order valence-corrected chi connectivity index (χ1v) is 7.62. The standard InChI is InChI=1S/C18H17FN4O2/c1-10-6-17(25-3)21-11(2)18(10)22-16(24)5-4-12-8-15-13(7-14(12)19)9-20-23-15/h4-9H,1-3H3,(H,20,23)(H,22,24)/b5-4+. The maximum Gasteiger partial charge on any atom is 0.248 e. The second-order valence-corrected chi connectivity index (χ2v) is 5.60. The third-order valence-corrected chi connectivity index (χ3v) is 3.80. The van der Waals surface area contributed by atoms with E-state index in [2.05, 4.69) is 20.5 Å². The number of aromatic amines is 1. The number of pyridine rings is 1. The molecule has 3 aromatic rings. The molecule has 1 aromatic carbocycles. The van der Waals surface area contributed by atoms with Crippen molar-refractivity contribution >= 4 is 28.6 Å². The van der Waals surface area contributed by atoms with Crippen LogP contribution in [-0.4, -0.2) is 28.2 Å². The van der Waals surface area contributed by atoms with E-state index in [4.69, 9.17) is 4.74 Å². The average Bonchev–Trinajstić information content (AvgIpc) is 3.02. The van der Waals surface area contributed by atoms with Gasteiger partial charge in [-0.05, 0) is 37.6 Å². The average molecular weight is 340 g/mol. The number of nitrogens with zero attached hydrogens (tertiary/aromatic N) is 2. The summed E-state index contributed by atoms with van der Waals surface area (Å²) in [5.74, 6) is -0.308. The van der Waals surface area contributed by atoms with Crippen molar-refractivity contribution in [1.29, 1.82) is 0 Å². The van der Waals surface area contributed by atoms with Crippen LogP contribution in [0.15, 0.2) is 30.5 Å². The number of rotatable bonds is 4. The van der Waals surface area contributed by atoms with Gasteiger partial charge >= 0.3 is 0 Å². The summed E-state index contributed by atoms with van der Waals surface area (Å²) in [5.41, 5.74) is 3.08. The molecular weight excluding hydrogens is 323 g/mol. The molecule has 2 N–H and O–H groups in total. The minimum Gasteiger partial charge on any atom is -0.481 e. The van der Waals surface area contributed by atoms with Gasteiger partial charge in [-0.1, -0.05) is 0 Å². The third kappa shape index (κ3) is 3.50. The Balaban J connectivity index is 1.80. The van der Waals surface area contributed by atoms with E-state index in [0.717, 1.165) is 5.56 Å². The Morgan fingerprint density at radius 3 is 2.84 bits per heavy atom. The normalized spacial score (nSPS) is 11.2.